The SMILES string of the molecule is COc1cc(C(N)CC(=O)O)ccc1OCc1ccc(F)cc1. The fourth-order valence-corrected chi connectivity index (χ4v) is 2.08. The van der Waals surface area contributed by atoms with Crippen LogP contribution in [-0.4, -0.2) is 18.2 Å². The number of hydrogen-bond acceptors (Lipinski definition) is 4. The zero-order valence-corrected chi connectivity index (χ0v) is 12.7. The monoisotopic (exact) mass is 319 g/mol. The summed E-state index contributed by atoms with van der Waals surface area (Å²) in [5, 5.41) is 8.79. The first-order chi connectivity index (χ1) is 11.0. The number of halogens is 1. The largest absolute Gasteiger partial charge is 0.493 e. The van der Waals surface area contributed by atoms with E-state index in [0.29, 0.717) is 17.1 Å². The molecule has 2 aromatic carbocycles. The number of aliphatic carboxylic acids is 1. The van der Waals surface area contributed by atoms with Gasteiger partial charge in [0.15, 0.2) is 11.5 Å². The third kappa shape index (κ3) is 4.69. The Bertz CT molecular complexity index is 673. The van der Waals surface area contributed by atoms with Crippen LogP contribution >= 0.6 is 0 Å². The van der Waals surface area contributed by atoms with Gasteiger partial charge in [0.25, 0.3) is 0 Å². The molecule has 0 saturated carbocycles. The highest BCUT2D eigenvalue weighted by molar-refractivity contribution is 5.68. The Morgan fingerprint density at radius 1 is 1.22 bits per heavy atom. The Morgan fingerprint density at radius 3 is 2.52 bits per heavy atom. The van der Waals surface area contributed by atoms with E-state index in [-0.39, 0.29) is 18.8 Å². The smallest absolute Gasteiger partial charge is 0.305 e. The van der Waals surface area contributed by atoms with Crippen molar-refractivity contribution >= 4 is 5.97 Å². The molecule has 0 radical (unpaired) electrons. The van der Waals surface area contributed by atoms with Crippen LogP contribution in [0.25, 0.3) is 0 Å². The van der Waals surface area contributed by atoms with Crippen LogP contribution in [0.3, 0.4) is 0 Å². The number of carbonyl (C=O) groups is 1. The second kappa shape index (κ2) is 7.60. The van der Waals surface area contributed by atoms with Gasteiger partial charge in [-0.15, -0.1) is 0 Å². The molecule has 6 heteroatoms. The van der Waals surface area contributed by atoms with E-state index in [9.17, 15) is 9.18 Å². The minimum atomic E-state index is -0.965. The summed E-state index contributed by atoms with van der Waals surface area (Å²) >= 11 is 0. The molecule has 0 spiro atoms. The van der Waals surface area contributed by atoms with Crippen LogP contribution in [0.2, 0.25) is 0 Å². The van der Waals surface area contributed by atoms with E-state index in [1.54, 1.807) is 30.3 Å². The molecule has 0 aliphatic carbocycles. The first kappa shape index (κ1) is 16.8. The van der Waals surface area contributed by atoms with Crippen molar-refractivity contribution in [3.63, 3.8) is 0 Å². The van der Waals surface area contributed by atoms with Gasteiger partial charge in [-0.25, -0.2) is 4.39 Å². The van der Waals surface area contributed by atoms with Gasteiger partial charge < -0.3 is 20.3 Å². The van der Waals surface area contributed by atoms with Crippen molar-refractivity contribution in [2.75, 3.05) is 7.11 Å². The van der Waals surface area contributed by atoms with Crippen LogP contribution in [0.15, 0.2) is 42.5 Å². The van der Waals surface area contributed by atoms with Crippen molar-refractivity contribution < 1.29 is 23.8 Å². The lowest BCUT2D eigenvalue weighted by Gasteiger charge is -2.15. The molecular formula is C17H18FNO4. The van der Waals surface area contributed by atoms with Crippen LogP contribution < -0.4 is 15.2 Å². The molecule has 0 aromatic heterocycles. The summed E-state index contributed by atoms with van der Waals surface area (Å²) < 4.78 is 23.8. The lowest BCUT2D eigenvalue weighted by Crippen LogP contribution is -2.15. The van der Waals surface area contributed by atoms with Gasteiger partial charge in [0.2, 0.25) is 0 Å². The Morgan fingerprint density at radius 2 is 1.91 bits per heavy atom. The summed E-state index contributed by atoms with van der Waals surface area (Å²) in [7, 11) is 1.49. The number of methoxy groups -OCH3 is 1. The van der Waals surface area contributed by atoms with E-state index in [0.717, 1.165) is 5.56 Å². The average molecular weight is 319 g/mol. The van der Waals surface area contributed by atoms with Gasteiger partial charge in [0.1, 0.15) is 12.4 Å². The van der Waals surface area contributed by atoms with Crippen LogP contribution in [0.1, 0.15) is 23.6 Å². The molecule has 3 N–H and O–H groups in total. The predicted molar refractivity (Wildman–Crippen MR) is 82.9 cm³/mol. The molecule has 0 amide bonds. The van der Waals surface area contributed by atoms with Crippen molar-refractivity contribution in [3.05, 3.63) is 59.4 Å². The van der Waals surface area contributed by atoms with Crippen LogP contribution in [0.5, 0.6) is 11.5 Å². The second-order valence-electron chi connectivity index (χ2n) is 5.03. The third-order valence-corrected chi connectivity index (χ3v) is 3.32. The third-order valence-electron chi connectivity index (χ3n) is 3.32. The Balaban J connectivity index is 2.09. The summed E-state index contributed by atoms with van der Waals surface area (Å²) in [6.45, 7) is 0.261. The minimum Gasteiger partial charge on any atom is -0.493 e. The first-order valence-corrected chi connectivity index (χ1v) is 7.02. The zero-order chi connectivity index (χ0) is 16.8. The highest BCUT2D eigenvalue weighted by Gasteiger charge is 2.14. The van der Waals surface area contributed by atoms with E-state index in [1.807, 2.05) is 0 Å². The van der Waals surface area contributed by atoms with Gasteiger partial charge in [-0.2, -0.15) is 0 Å². The molecule has 1 unspecified atom stereocenters. The molecule has 0 saturated heterocycles. The maximum Gasteiger partial charge on any atom is 0.305 e. The quantitative estimate of drug-likeness (QED) is 0.820. The highest BCUT2D eigenvalue weighted by Crippen LogP contribution is 2.31. The molecule has 0 fully saturated rings. The molecule has 23 heavy (non-hydrogen) atoms. The summed E-state index contributed by atoms with van der Waals surface area (Å²) in [6, 6.07) is 10.4. The maximum absolute atomic E-state index is 12.9. The normalized spacial score (nSPS) is 11.8. The molecule has 2 aromatic rings. The standard InChI is InChI=1S/C17H18FNO4/c1-22-16-8-12(14(19)9-17(20)21)4-7-15(16)23-10-11-2-5-13(18)6-3-11/h2-8,14H,9-10,19H2,1H3,(H,20,21). The van der Waals surface area contributed by atoms with Gasteiger partial charge in [0, 0.05) is 6.04 Å². The molecule has 0 bridgehead atoms. The van der Waals surface area contributed by atoms with Crippen molar-refractivity contribution in [2.45, 2.75) is 19.1 Å². The molecule has 0 heterocycles. The summed E-state index contributed by atoms with van der Waals surface area (Å²) in [5.74, 6) is -0.301. The highest BCUT2D eigenvalue weighted by atomic mass is 19.1. The van der Waals surface area contributed by atoms with Crippen LogP contribution in [-0.2, 0) is 11.4 Å². The molecule has 0 aliphatic rings. The first-order valence-electron chi connectivity index (χ1n) is 7.02. The molecule has 2 rings (SSSR count). The van der Waals surface area contributed by atoms with E-state index in [1.165, 1.54) is 19.2 Å². The number of carboxylic acids is 1. The maximum atomic E-state index is 12.9. The van der Waals surface area contributed by atoms with Crippen molar-refractivity contribution in [1.82, 2.24) is 0 Å². The van der Waals surface area contributed by atoms with Crippen molar-refractivity contribution in [3.8, 4) is 11.5 Å². The van der Waals surface area contributed by atoms with Crippen molar-refractivity contribution in [1.29, 1.82) is 0 Å². The summed E-state index contributed by atoms with van der Waals surface area (Å²) in [5.41, 5.74) is 7.31. The summed E-state index contributed by atoms with van der Waals surface area (Å²) in [4.78, 5) is 10.7. The van der Waals surface area contributed by atoms with E-state index < -0.39 is 12.0 Å². The molecule has 122 valence electrons. The molecule has 1 atom stereocenters. The predicted octanol–water partition coefficient (Wildman–Crippen LogP) is 2.89. The number of carboxylic acid groups (broad SMARTS) is 1. The average Bonchev–Trinajstić information content (AvgIpc) is 2.53. The minimum absolute atomic E-state index is 0.168. The fraction of sp³-hybridized carbons (Fsp3) is 0.235. The number of ether oxygens (including phenoxy) is 2. The molecule has 5 nitrogen and oxygen atoms in total. The van der Waals surface area contributed by atoms with E-state index in [4.69, 9.17) is 20.3 Å². The van der Waals surface area contributed by atoms with E-state index in [2.05, 4.69) is 0 Å². The topological polar surface area (TPSA) is 81.8 Å². The van der Waals surface area contributed by atoms with Gasteiger partial charge in [-0.3, -0.25) is 4.79 Å². The number of benzene rings is 2. The number of hydrogen-bond donors (Lipinski definition) is 2. The van der Waals surface area contributed by atoms with Gasteiger partial charge >= 0.3 is 5.97 Å². The van der Waals surface area contributed by atoms with Gasteiger partial charge in [-0.05, 0) is 35.4 Å². The van der Waals surface area contributed by atoms with Crippen molar-refractivity contribution in [2.24, 2.45) is 5.73 Å². The second-order valence-corrected chi connectivity index (χ2v) is 5.03. The van der Waals surface area contributed by atoms with Crippen LogP contribution in [0, 0.1) is 5.82 Å². The fourth-order valence-electron chi connectivity index (χ4n) is 2.08. The summed E-state index contributed by atoms with van der Waals surface area (Å²) in [6.07, 6.45) is -0.168. The number of nitrogens with two attached hydrogens (primary N) is 1. The number of rotatable bonds is 7. The lowest BCUT2D eigenvalue weighted by molar-refractivity contribution is -0.137. The zero-order valence-electron chi connectivity index (χ0n) is 12.7. The van der Waals surface area contributed by atoms with Gasteiger partial charge in [0.05, 0.1) is 13.5 Å². The lowest BCUT2D eigenvalue weighted by atomic mass is 10.0. The Labute approximate surface area is 133 Å². The van der Waals surface area contributed by atoms with E-state index >= 15 is 0 Å². The molecule has 0 aliphatic heterocycles. The van der Waals surface area contributed by atoms with Gasteiger partial charge in [-0.1, -0.05) is 18.2 Å². The van der Waals surface area contributed by atoms with Crippen LogP contribution in [0.4, 0.5) is 4.39 Å². The Kier molecular flexibility index (Phi) is 5.54. The molecular weight excluding hydrogens is 301 g/mol. The Hall–Kier alpha value is -2.60.